The van der Waals surface area contributed by atoms with E-state index in [0.717, 1.165) is 0 Å². The van der Waals surface area contributed by atoms with Crippen molar-refractivity contribution in [1.29, 1.82) is 0 Å². The van der Waals surface area contributed by atoms with E-state index in [0.29, 0.717) is 6.61 Å². The van der Waals surface area contributed by atoms with Gasteiger partial charge in [-0.25, -0.2) is 0 Å². The highest BCUT2D eigenvalue weighted by atomic mass is 16.5. The van der Waals surface area contributed by atoms with E-state index in [1.807, 2.05) is 39.0 Å². The van der Waals surface area contributed by atoms with Crippen LogP contribution in [-0.2, 0) is 9.53 Å². The summed E-state index contributed by atoms with van der Waals surface area (Å²) >= 11 is 0. The molecule has 0 saturated heterocycles. The Morgan fingerprint density at radius 1 is 1.42 bits per heavy atom. The Balaban J connectivity index is 3.50. The maximum Gasteiger partial charge on any atom is 0.308 e. The molecule has 0 spiro atoms. The molecule has 0 aromatic heterocycles. The van der Waals surface area contributed by atoms with Crippen molar-refractivity contribution < 1.29 is 9.53 Å². The van der Waals surface area contributed by atoms with Gasteiger partial charge in [-0.05, 0) is 13.0 Å². The molecule has 0 rings (SSSR count). The molecule has 0 aliphatic carbocycles. The summed E-state index contributed by atoms with van der Waals surface area (Å²) in [6.45, 7) is 5.93. The van der Waals surface area contributed by atoms with Crippen molar-refractivity contribution in [3.63, 3.8) is 0 Å². The minimum atomic E-state index is -0.153. The first-order valence-corrected chi connectivity index (χ1v) is 4.13. The van der Waals surface area contributed by atoms with Gasteiger partial charge in [0.2, 0.25) is 0 Å². The van der Waals surface area contributed by atoms with Crippen LogP contribution in [0, 0.1) is 5.92 Å². The van der Waals surface area contributed by atoms with Crippen LogP contribution >= 0.6 is 0 Å². The summed E-state index contributed by atoms with van der Waals surface area (Å²) in [6, 6.07) is 0. The quantitative estimate of drug-likeness (QED) is 0.475. The largest absolute Gasteiger partial charge is 0.461 e. The lowest BCUT2D eigenvalue weighted by atomic mass is 10.2. The molecular formula is C10H16O2. The van der Waals surface area contributed by atoms with E-state index in [1.165, 1.54) is 0 Å². The summed E-state index contributed by atoms with van der Waals surface area (Å²) in [6.07, 6.45) is 7.47. The standard InChI is InChI=1S/C10H16O2/c1-4-5-6-7-8-12-10(11)9(2)3/h4-7,9H,8H2,1-3H3/b5-4-,7-6-. The van der Waals surface area contributed by atoms with Gasteiger partial charge in [0.05, 0.1) is 5.92 Å². The molecule has 0 radical (unpaired) electrons. The van der Waals surface area contributed by atoms with Crippen LogP contribution in [0.2, 0.25) is 0 Å². The molecule has 0 atom stereocenters. The number of hydrogen-bond donors (Lipinski definition) is 0. The highest BCUT2D eigenvalue weighted by Crippen LogP contribution is 1.95. The van der Waals surface area contributed by atoms with Crippen molar-refractivity contribution in [2.24, 2.45) is 5.92 Å². The second kappa shape index (κ2) is 6.65. The van der Waals surface area contributed by atoms with Gasteiger partial charge >= 0.3 is 5.97 Å². The number of ether oxygens (including phenoxy) is 1. The summed E-state index contributed by atoms with van der Waals surface area (Å²) in [5, 5.41) is 0. The third-order valence-corrected chi connectivity index (χ3v) is 1.23. The van der Waals surface area contributed by atoms with E-state index in [1.54, 1.807) is 6.08 Å². The Morgan fingerprint density at radius 2 is 2.08 bits per heavy atom. The van der Waals surface area contributed by atoms with E-state index in [9.17, 15) is 4.79 Å². The summed E-state index contributed by atoms with van der Waals surface area (Å²) in [5.74, 6) is -0.194. The molecule has 0 aromatic rings. The predicted octanol–water partition coefficient (Wildman–Crippen LogP) is 2.32. The van der Waals surface area contributed by atoms with Gasteiger partial charge in [-0.1, -0.05) is 32.1 Å². The molecule has 12 heavy (non-hydrogen) atoms. The number of carbonyl (C=O) groups excluding carboxylic acids is 1. The molecule has 0 aliphatic heterocycles. The van der Waals surface area contributed by atoms with Crippen molar-refractivity contribution in [1.82, 2.24) is 0 Å². The number of esters is 1. The fraction of sp³-hybridized carbons (Fsp3) is 0.500. The molecule has 0 bridgehead atoms. The zero-order chi connectivity index (χ0) is 9.40. The van der Waals surface area contributed by atoms with Gasteiger partial charge in [0.25, 0.3) is 0 Å². The van der Waals surface area contributed by atoms with Crippen LogP contribution in [-0.4, -0.2) is 12.6 Å². The maximum atomic E-state index is 10.9. The molecule has 0 unspecified atom stereocenters. The van der Waals surface area contributed by atoms with Crippen molar-refractivity contribution in [2.75, 3.05) is 6.61 Å². The maximum absolute atomic E-state index is 10.9. The molecule has 0 heterocycles. The smallest absolute Gasteiger partial charge is 0.308 e. The van der Waals surface area contributed by atoms with Gasteiger partial charge in [0, 0.05) is 0 Å². The first kappa shape index (κ1) is 11.0. The van der Waals surface area contributed by atoms with Gasteiger partial charge in [-0.2, -0.15) is 0 Å². The van der Waals surface area contributed by atoms with E-state index >= 15 is 0 Å². The number of hydrogen-bond acceptors (Lipinski definition) is 2. The second-order valence-corrected chi connectivity index (χ2v) is 2.74. The normalized spacial score (nSPS) is 11.7. The van der Waals surface area contributed by atoms with E-state index in [2.05, 4.69) is 0 Å². The lowest BCUT2D eigenvalue weighted by Crippen LogP contribution is -2.11. The molecule has 68 valence electrons. The van der Waals surface area contributed by atoms with Crippen molar-refractivity contribution in [3.05, 3.63) is 24.3 Å². The lowest BCUT2D eigenvalue weighted by Gasteiger charge is -2.02. The lowest BCUT2D eigenvalue weighted by molar-refractivity contribution is -0.146. The first-order valence-electron chi connectivity index (χ1n) is 4.13. The van der Waals surface area contributed by atoms with Gasteiger partial charge < -0.3 is 4.74 Å². The number of carbonyl (C=O) groups is 1. The zero-order valence-corrected chi connectivity index (χ0v) is 7.91. The van der Waals surface area contributed by atoms with Crippen LogP contribution in [0.5, 0.6) is 0 Å². The molecule has 0 saturated carbocycles. The average Bonchev–Trinajstić information content (AvgIpc) is 2.03. The van der Waals surface area contributed by atoms with Gasteiger partial charge in [0.1, 0.15) is 6.61 Å². The van der Waals surface area contributed by atoms with Crippen LogP contribution in [0.3, 0.4) is 0 Å². The van der Waals surface area contributed by atoms with E-state index < -0.39 is 0 Å². The Bertz CT molecular complexity index is 178. The van der Waals surface area contributed by atoms with E-state index in [-0.39, 0.29) is 11.9 Å². The first-order chi connectivity index (χ1) is 5.68. The summed E-state index contributed by atoms with van der Waals surface area (Å²) < 4.78 is 4.89. The highest BCUT2D eigenvalue weighted by Gasteiger charge is 2.05. The second-order valence-electron chi connectivity index (χ2n) is 2.74. The molecule has 0 fully saturated rings. The van der Waals surface area contributed by atoms with Crippen LogP contribution in [0.25, 0.3) is 0 Å². The summed E-state index contributed by atoms with van der Waals surface area (Å²) in [4.78, 5) is 10.9. The topological polar surface area (TPSA) is 26.3 Å². The third-order valence-electron chi connectivity index (χ3n) is 1.23. The van der Waals surface area contributed by atoms with E-state index in [4.69, 9.17) is 4.74 Å². The molecule has 0 amide bonds. The van der Waals surface area contributed by atoms with Crippen molar-refractivity contribution in [3.8, 4) is 0 Å². The van der Waals surface area contributed by atoms with Crippen molar-refractivity contribution >= 4 is 5.97 Å². The Morgan fingerprint density at radius 3 is 2.58 bits per heavy atom. The number of rotatable bonds is 4. The summed E-state index contributed by atoms with van der Waals surface area (Å²) in [5.41, 5.74) is 0. The van der Waals surface area contributed by atoms with Crippen LogP contribution < -0.4 is 0 Å². The minimum absolute atomic E-state index is 0.0416. The third kappa shape index (κ3) is 5.71. The van der Waals surface area contributed by atoms with Gasteiger partial charge in [-0.15, -0.1) is 0 Å². The van der Waals surface area contributed by atoms with Crippen LogP contribution in [0.4, 0.5) is 0 Å². The summed E-state index contributed by atoms with van der Waals surface area (Å²) in [7, 11) is 0. The van der Waals surface area contributed by atoms with Crippen LogP contribution in [0.15, 0.2) is 24.3 Å². The fourth-order valence-electron chi connectivity index (χ4n) is 0.542. The van der Waals surface area contributed by atoms with Gasteiger partial charge in [0.15, 0.2) is 0 Å². The minimum Gasteiger partial charge on any atom is -0.461 e. The predicted molar refractivity (Wildman–Crippen MR) is 49.8 cm³/mol. The molecule has 0 aromatic carbocycles. The number of allylic oxidation sites excluding steroid dienone is 3. The van der Waals surface area contributed by atoms with Crippen molar-refractivity contribution in [2.45, 2.75) is 20.8 Å². The highest BCUT2D eigenvalue weighted by molar-refractivity contribution is 5.71. The Labute approximate surface area is 73.9 Å². The molecule has 0 aliphatic rings. The Hall–Kier alpha value is -1.05. The fourth-order valence-corrected chi connectivity index (χ4v) is 0.542. The zero-order valence-electron chi connectivity index (χ0n) is 7.91. The molecule has 2 heteroatoms. The molecule has 0 N–H and O–H groups in total. The van der Waals surface area contributed by atoms with Gasteiger partial charge in [-0.3, -0.25) is 4.79 Å². The Kier molecular flexibility index (Phi) is 6.07. The average molecular weight is 168 g/mol. The van der Waals surface area contributed by atoms with Crippen LogP contribution in [0.1, 0.15) is 20.8 Å². The monoisotopic (exact) mass is 168 g/mol. The SMILES string of the molecule is C/C=C\C=C/COC(=O)C(C)C. The molecular weight excluding hydrogens is 152 g/mol. The molecule has 2 nitrogen and oxygen atoms in total.